The van der Waals surface area contributed by atoms with E-state index < -0.39 is 37.5 Å². The molecule has 2 aromatic carbocycles. The van der Waals surface area contributed by atoms with Crippen LogP contribution in [0.15, 0.2) is 30.3 Å². The standard InChI is InChI=1S/C14H12N4O6/c1-8-3-4-9(2)11(5-8)15-14-12(17(21)22)6-10(16(19)20)7-13(14)18(23)24/h3-7,15H,1-2H3. The average molecular weight is 332 g/mol. The van der Waals surface area contributed by atoms with Crippen molar-refractivity contribution in [3.8, 4) is 0 Å². The fourth-order valence-corrected chi connectivity index (χ4v) is 2.12. The van der Waals surface area contributed by atoms with Crippen LogP contribution in [-0.2, 0) is 0 Å². The maximum absolute atomic E-state index is 11.2. The van der Waals surface area contributed by atoms with E-state index in [4.69, 9.17) is 0 Å². The molecule has 0 unspecified atom stereocenters. The number of benzene rings is 2. The fourth-order valence-electron chi connectivity index (χ4n) is 2.12. The van der Waals surface area contributed by atoms with Crippen molar-refractivity contribution in [1.82, 2.24) is 0 Å². The van der Waals surface area contributed by atoms with E-state index in [1.165, 1.54) is 0 Å². The molecule has 0 saturated carbocycles. The van der Waals surface area contributed by atoms with Crippen molar-refractivity contribution < 1.29 is 14.8 Å². The van der Waals surface area contributed by atoms with Gasteiger partial charge in [0.2, 0.25) is 0 Å². The molecule has 0 heterocycles. The Balaban J connectivity index is 2.70. The van der Waals surface area contributed by atoms with Crippen molar-refractivity contribution >= 4 is 28.4 Å². The van der Waals surface area contributed by atoms with Gasteiger partial charge in [-0.3, -0.25) is 30.3 Å². The highest BCUT2D eigenvalue weighted by Crippen LogP contribution is 2.40. The predicted octanol–water partition coefficient (Wildman–Crippen LogP) is 3.77. The molecule has 10 nitrogen and oxygen atoms in total. The maximum atomic E-state index is 11.2. The molecule has 0 spiro atoms. The van der Waals surface area contributed by atoms with Gasteiger partial charge in [0.15, 0.2) is 5.69 Å². The number of nitro groups is 3. The minimum Gasteiger partial charge on any atom is -0.344 e. The molecule has 0 fully saturated rings. The minimum absolute atomic E-state index is 0.399. The van der Waals surface area contributed by atoms with Gasteiger partial charge in [0.05, 0.1) is 26.9 Å². The highest BCUT2D eigenvalue weighted by molar-refractivity contribution is 5.82. The van der Waals surface area contributed by atoms with Crippen LogP contribution in [0.5, 0.6) is 0 Å². The van der Waals surface area contributed by atoms with E-state index in [0.717, 1.165) is 5.56 Å². The van der Waals surface area contributed by atoms with Crippen LogP contribution in [0.2, 0.25) is 0 Å². The summed E-state index contributed by atoms with van der Waals surface area (Å²) in [5, 5.41) is 36.0. The molecule has 124 valence electrons. The van der Waals surface area contributed by atoms with Crippen LogP contribution >= 0.6 is 0 Å². The normalized spacial score (nSPS) is 10.2. The van der Waals surface area contributed by atoms with Crippen molar-refractivity contribution in [2.24, 2.45) is 0 Å². The van der Waals surface area contributed by atoms with Gasteiger partial charge in [-0.15, -0.1) is 0 Å². The van der Waals surface area contributed by atoms with E-state index in [2.05, 4.69) is 5.32 Å². The molecular formula is C14H12N4O6. The third kappa shape index (κ3) is 3.27. The van der Waals surface area contributed by atoms with Crippen LogP contribution in [-0.4, -0.2) is 14.8 Å². The van der Waals surface area contributed by atoms with E-state index >= 15 is 0 Å². The lowest BCUT2D eigenvalue weighted by Crippen LogP contribution is -2.04. The van der Waals surface area contributed by atoms with Gasteiger partial charge < -0.3 is 5.32 Å². The molecule has 1 N–H and O–H groups in total. The van der Waals surface area contributed by atoms with Crippen molar-refractivity contribution in [2.75, 3.05) is 5.32 Å². The van der Waals surface area contributed by atoms with Gasteiger partial charge in [0.25, 0.3) is 5.69 Å². The summed E-state index contributed by atoms with van der Waals surface area (Å²) in [5.74, 6) is 0. The summed E-state index contributed by atoms with van der Waals surface area (Å²) in [6, 6.07) is 6.63. The molecular weight excluding hydrogens is 320 g/mol. The zero-order valence-corrected chi connectivity index (χ0v) is 12.7. The topological polar surface area (TPSA) is 141 Å². The molecule has 0 saturated heterocycles. The number of hydrogen-bond acceptors (Lipinski definition) is 7. The van der Waals surface area contributed by atoms with Gasteiger partial charge in [-0.1, -0.05) is 12.1 Å². The number of nitrogens with zero attached hydrogens (tertiary/aromatic N) is 3. The number of nitro benzene ring substituents is 3. The first kappa shape index (κ1) is 16.8. The van der Waals surface area contributed by atoms with Gasteiger partial charge in [0, 0.05) is 5.69 Å². The monoisotopic (exact) mass is 332 g/mol. The molecule has 0 aromatic heterocycles. The molecule has 0 bridgehead atoms. The molecule has 0 aliphatic carbocycles. The smallest absolute Gasteiger partial charge is 0.306 e. The van der Waals surface area contributed by atoms with E-state index in [1.54, 1.807) is 26.0 Å². The first-order valence-corrected chi connectivity index (χ1v) is 6.66. The van der Waals surface area contributed by atoms with Gasteiger partial charge >= 0.3 is 11.4 Å². The summed E-state index contributed by atoms with van der Waals surface area (Å²) in [6.45, 7) is 3.52. The van der Waals surface area contributed by atoms with Crippen LogP contribution in [0.4, 0.5) is 28.4 Å². The highest BCUT2D eigenvalue weighted by atomic mass is 16.6. The molecule has 2 aromatic rings. The number of rotatable bonds is 5. The summed E-state index contributed by atoms with van der Waals surface area (Å²) >= 11 is 0. The lowest BCUT2D eigenvalue weighted by Gasteiger charge is -2.11. The zero-order valence-electron chi connectivity index (χ0n) is 12.7. The van der Waals surface area contributed by atoms with Gasteiger partial charge in [0.1, 0.15) is 0 Å². The Labute approximate surface area is 135 Å². The molecule has 0 atom stereocenters. The Hall–Kier alpha value is -3.56. The number of anilines is 2. The van der Waals surface area contributed by atoms with Crippen LogP contribution < -0.4 is 5.32 Å². The Morgan fingerprint density at radius 2 is 1.38 bits per heavy atom. The number of hydrogen-bond donors (Lipinski definition) is 1. The Morgan fingerprint density at radius 1 is 0.833 bits per heavy atom. The van der Waals surface area contributed by atoms with Crippen molar-refractivity contribution in [2.45, 2.75) is 13.8 Å². The van der Waals surface area contributed by atoms with E-state index in [-0.39, 0.29) is 0 Å². The summed E-state index contributed by atoms with van der Waals surface area (Å²) in [5.41, 5.74) is -0.606. The molecule has 0 aliphatic heterocycles. The predicted molar refractivity (Wildman–Crippen MR) is 85.6 cm³/mol. The summed E-state index contributed by atoms with van der Waals surface area (Å²) in [6.07, 6.45) is 0. The van der Waals surface area contributed by atoms with E-state index in [0.29, 0.717) is 23.4 Å². The number of aryl methyl sites for hydroxylation is 2. The third-order valence-electron chi connectivity index (χ3n) is 3.34. The zero-order chi connectivity index (χ0) is 18.0. The molecule has 0 amide bonds. The molecule has 0 aliphatic rings. The van der Waals surface area contributed by atoms with E-state index in [9.17, 15) is 30.3 Å². The minimum atomic E-state index is -0.915. The molecule has 2 rings (SSSR count). The summed E-state index contributed by atoms with van der Waals surface area (Å²) in [4.78, 5) is 30.6. The first-order valence-electron chi connectivity index (χ1n) is 6.66. The maximum Gasteiger partial charge on any atom is 0.306 e. The number of nitrogens with one attached hydrogen (secondary N) is 1. The first-order chi connectivity index (χ1) is 11.2. The second-order valence-corrected chi connectivity index (χ2v) is 5.07. The summed E-state index contributed by atoms with van der Waals surface area (Å²) < 4.78 is 0. The summed E-state index contributed by atoms with van der Waals surface area (Å²) in [7, 11) is 0. The average Bonchev–Trinajstić information content (AvgIpc) is 2.50. The highest BCUT2D eigenvalue weighted by Gasteiger charge is 2.30. The van der Waals surface area contributed by atoms with Gasteiger partial charge in [-0.2, -0.15) is 0 Å². The lowest BCUT2D eigenvalue weighted by atomic mass is 10.1. The molecule has 0 radical (unpaired) electrons. The van der Waals surface area contributed by atoms with Crippen molar-refractivity contribution in [1.29, 1.82) is 0 Å². The lowest BCUT2D eigenvalue weighted by molar-refractivity contribution is -0.401. The largest absolute Gasteiger partial charge is 0.344 e. The number of non-ortho nitro benzene ring substituents is 1. The van der Waals surface area contributed by atoms with E-state index in [1.807, 2.05) is 6.07 Å². The van der Waals surface area contributed by atoms with Crippen LogP contribution in [0.25, 0.3) is 0 Å². The Kier molecular flexibility index (Phi) is 4.40. The van der Waals surface area contributed by atoms with Gasteiger partial charge in [-0.05, 0) is 31.0 Å². The van der Waals surface area contributed by atoms with Crippen LogP contribution in [0.1, 0.15) is 11.1 Å². The molecule has 10 heteroatoms. The van der Waals surface area contributed by atoms with Crippen molar-refractivity contribution in [3.63, 3.8) is 0 Å². The Bertz CT molecular complexity index is 829. The van der Waals surface area contributed by atoms with Crippen LogP contribution in [0, 0.1) is 44.2 Å². The third-order valence-corrected chi connectivity index (χ3v) is 3.34. The second-order valence-electron chi connectivity index (χ2n) is 5.07. The molecule has 24 heavy (non-hydrogen) atoms. The van der Waals surface area contributed by atoms with Crippen LogP contribution in [0.3, 0.4) is 0 Å². The SMILES string of the molecule is Cc1ccc(C)c(Nc2c([N+](=O)[O-])cc([N+](=O)[O-])cc2[N+](=O)[O-])c1. The van der Waals surface area contributed by atoms with Crippen molar-refractivity contribution in [3.05, 3.63) is 71.8 Å². The second kappa shape index (κ2) is 6.28. The van der Waals surface area contributed by atoms with Gasteiger partial charge in [-0.25, -0.2) is 0 Å². The Morgan fingerprint density at radius 3 is 1.83 bits per heavy atom. The quantitative estimate of drug-likeness (QED) is 0.648. The fraction of sp³-hybridized carbons (Fsp3) is 0.143.